The Morgan fingerprint density at radius 2 is 1.81 bits per heavy atom. The average Bonchev–Trinajstić information content (AvgIpc) is 3.45. The van der Waals surface area contributed by atoms with Gasteiger partial charge < -0.3 is 18.7 Å². The number of rotatable bonds is 5. The number of oxazole rings is 1. The van der Waals surface area contributed by atoms with E-state index >= 15 is 0 Å². The molecule has 4 aromatic rings. The van der Waals surface area contributed by atoms with Crippen LogP contribution in [-0.4, -0.2) is 57.1 Å². The lowest BCUT2D eigenvalue weighted by atomic mass is 10.2. The monoisotopic (exact) mass is 418 g/mol. The van der Waals surface area contributed by atoms with Gasteiger partial charge in [-0.3, -0.25) is 4.79 Å². The third-order valence-electron chi connectivity index (χ3n) is 5.34. The summed E-state index contributed by atoms with van der Waals surface area (Å²) >= 11 is 0. The molecule has 0 unspecified atom stereocenters. The molecule has 1 fully saturated rings. The van der Waals surface area contributed by atoms with Crippen LogP contribution >= 0.6 is 0 Å². The van der Waals surface area contributed by atoms with E-state index in [1.54, 1.807) is 0 Å². The minimum absolute atomic E-state index is 0.0777. The number of fused-ring (bicyclic) bond motifs is 1. The quantitative estimate of drug-likeness (QED) is 0.488. The van der Waals surface area contributed by atoms with Gasteiger partial charge in [-0.15, -0.1) is 0 Å². The maximum Gasteiger partial charge on any atom is 0.300 e. The van der Waals surface area contributed by atoms with Gasteiger partial charge in [-0.2, -0.15) is 9.97 Å². The van der Waals surface area contributed by atoms with Crippen LogP contribution in [0.1, 0.15) is 18.0 Å². The summed E-state index contributed by atoms with van der Waals surface area (Å²) in [5, 5.41) is 4.00. The summed E-state index contributed by atoms with van der Waals surface area (Å²) in [4.78, 5) is 29.8. The number of anilines is 1. The van der Waals surface area contributed by atoms with Gasteiger partial charge in [-0.05, 0) is 19.1 Å². The Kier molecular flexibility index (Phi) is 5.07. The number of carbonyl (C=O) groups is 1. The van der Waals surface area contributed by atoms with E-state index in [0.717, 1.165) is 11.3 Å². The second-order valence-electron chi connectivity index (χ2n) is 7.52. The van der Waals surface area contributed by atoms with Gasteiger partial charge in [0.15, 0.2) is 5.58 Å². The summed E-state index contributed by atoms with van der Waals surface area (Å²) in [6.45, 7) is 4.48. The Morgan fingerprint density at radius 1 is 1.00 bits per heavy atom. The number of nitrogens with zero attached hydrogens (tertiary/aromatic N) is 6. The molecule has 1 saturated heterocycles. The molecule has 1 amide bonds. The van der Waals surface area contributed by atoms with Crippen LogP contribution < -0.4 is 4.90 Å². The Morgan fingerprint density at radius 3 is 2.61 bits per heavy atom. The average molecular weight is 418 g/mol. The van der Waals surface area contributed by atoms with E-state index in [-0.39, 0.29) is 5.91 Å². The molecule has 158 valence electrons. The predicted molar refractivity (Wildman–Crippen MR) is 113 cm³/mol. The van der Waals surface area contributed by atoms with E-state index < -0.39 is 0 Å². The van der Waals surface area contributed by atoms with Gasteiger partial charge in [0.1, 0.15) is 0 Å². The van der Waals surface area contributed by atoms with Gasteiger partial charge >= 0.3 is 0 Å². The first-order valence-corrected chi connectivity index (χ1v) is 10.3. The summed E-state index contributed by atoms with van der Waals surface area (Å²) in [5.74, 6) is 1.09. The fourth-order valence-corrected chi connectivity index (χ4v) is 3.62. The molecule has 0 radical (unpaired) electrons. The lowest BCUT2D eigenvalue weighted by molar-refractivity contribution is -0.131. The second kappa shape index (κ2) is 8.17. The molecule has 1 aliphatic rings. The molecule has 3 aromatic heterocycles. The third-order valence-corrected chi connectivity index (χ3v) is 5.34. The number of piperazine rings is 1. The molecule has 0 atom stereocenters. The summed E-state index contributed by atoms with van der Waals surface area (Å²) in [6, 6.07) is 14.0. The third kappa shape index (κ3) is 4.11. The molecule has 0 aliphatic carbocycles. The number of benzene rings is 1. The SMILES string of the molecule is Cc1ccc2oc(N3CCN(C(=O)CCc4nc(-c5ccccc5)no4)CC3)nc2n1. The highest BCUT2D eigenvalue weighted by molar-refractivity contribution is 5.76. The van der Waals surface area contributed by atoms with Crippen LogP contribution in [0.3, 0.4) is 0 Å². The molecule has 9 heteroatoms. The number of carbonyl (C=O) groups excluding carboxylic acids is 1. The van der Waals surface area contributed by atoms with Gasteiger partial charge in [-0.1, -0.05) is 35.5 Å². The van der Waals surface area contributed by atoms with Crippen molar-refractivity contribution in [3.05, 3.63) is 54.0 Å². The topological polar surface area (TPSA) is 101 Å². The molecular formula is C22H22N6O3. The van der Waals surface area contributed by atoms with E-state index in [2.05, 4.69) is 20.1 Å². The van der Waals surface area contributed by atoms with Crippen LogP contribution in [0.4, 0.5) is 6.01 Å². The molecule has 0 spiro atoms. The minimum Gasteiger partial charge on any atom is -0.422 e. The molecule has 1 aliphatic heterocycles. The van der Waals surface area contributed by atoms with Gasteiger partial charge in [0.05, 0.1) is 0 Å². The largest absolute Gasteiger partial charge is 0.422 e. The summed E-state index contributed by atoms with van der Waals surface area (Å²) in [6.07, 6.45) is 0.761. The van der Waals surface area contributed by atoms with Crippen molar-refractivity contribution in [1.29, 1.82) is 0 Å². The zero-order valence-corrected chi connectivity index (χ0v) is 17.2. The molecule has 5 rings (SSSR count). The number of hydrogen-bond donors (Lipinski definition) is 0. The molecule has 9 nitrogen and oxygen atoms in total. The number of aryl methyl sites for hydroxylation is 2. The maximum absolute atomic E-state index is 12.6. The van der Waals surface area contributed by atoms with Crippen LogP contribution in [0.15, 0.2) is 51.4 Å². The Labute approximate surface area is 178 Å². The van der Waals surface area contributed by atoms with Crippen LogP contribution in [0.25, 0.3) is 22.6 Å². The Hall–Kier alpha value is -3.75. The predicted octanol–water partition coefficient (Wildman–Crippen LogP) is 2.86. The van der Waals surface area contributed by atoms with Crippen molar-refractivity contribution in [2.45, 2.75) is 19.8 Å². The molecule has 4 heterocycles. The number of amides is 1. The zero-order chi connectivity index (χ0) is 21.2. The highest BCUT2D eigenvalue weighted by atomic mass is 16.5. The normalized spacial score (nSPS) is 14.4. The summed E-state index contributed by atoms with van der Waals surface area (Å²) in [7, 11) is 0. The van der Waals surface area contributed by atoms with Crippen LogP contribution in [0.5, 0.6) is 0 Å². The van der Waals surface area contributed by atoms with Gasteiger partial charge in [-0.25, -0.2) is 4.98 Å². The van der Waals surface area contributed by atoms with Gasteiger partial charge in [0.25, 0.3) is 6.01 Å². The molecule has 31 heavy (non-hydrogen) atoms. The first-order valence-electron chi connectivity index (χ1n) is 10.3. The van der Waals surface area contributed by atoms with Gasteiger partial charge in [0.2, 0.25) is 23.3 Å². The van der Waals surface area contributed by atoms with E-state index in [1.165, 1.54) is 0 Å². The van der Waals surface area contributed by atoms with E-state index in [0.29, 0.717) is 68.0 Å². The number of pyridine rings is 1. The van der Waals surface area contributed by atoms with E-state index in [4.69, 9.17) is 8.94 Å². The van der Waals surface area contributed by atoms with Crippen molar-refractivity contribution in [2.24, 2.45) is 0 Å². The van der Waals surface area contributed by atoms with E-state index in [1.807, 2.05) is 59.2 Å². The highest BCUT2D eigenvalue weighted by Crippen LogP contribution is 2.22. The van der Waals surface area contributed by atoms with Gasteiger partial charge in [0, 0.05) is 50.3 Å². The molecule has 0 N–H and O–H groups in total. The highest BCUT2D eigenvalue weighted by Gasteiger charge is 2.24. The molecule has 0 bridgehead atoms. The molecular weight excluding hydrogens is 396 g/mol. The van der Waals surface area contributed by atoms with Crippen LogP contribution in [0.2, 0.25) is 0 Å². The van der Waals surface area contributed by atoms with Crippen molar-refractivity contribution in [3.63, 3.8) is 0 Å². The van der Waals surface area contributed by atoms with Crippen LogP contribution in [0, 0.1) is 6.92 Å². The minimum atomic E-state index is 0.0777. The fourth-order valence-electron chi connectivity index (χ4n) is 3.62. The first kappa shape index (κ1) is 19.2. The second-order valence-corrected chi connectivity index (χ2v) is 7.52. The standard InChI is InChI=1S/C22H22N6O3/c1-15-7-8-17-21(23-15)25-22(30-17)28-13-11-27(12-14-28)19(29)10-9-18-24-20(26-31-18)16-5-3-2-4-6-16/h2-8H,9-14H2,1H3. The lowest BCUT2D eigenvalue weighted by Gasteiger charge is -2.33. The smallest absolute Gasteiger partial charge is 0.300 e. The number of aromatic nitrogens is 4. The summed E-state index contributed by atoms with van der Waals surface area (Å²) in [5.41, 5.74) is 3.08. The van der Waals surface area contributed by atoms with E-state index in [9.17, 15) is 4.79 Å². The van der Waals surface area contributed by atoms with Crippen molar-refractivity contribution in [1.82, 2.24) is 25.0 Å². The lowest BCUT2D eigenvalue weighted by Crippen LogP contribution is -2.49. The maximum atomic E-state index is 12.6. The van der Waals surface area contributed by atoms with Crippen molar-refractivity contribution in [2.75, 3.05) is 31.1 Å². The molecule has 1 aromatic carbocycles. The molecule has 0 saturated carbocycles. The zero-order valence-electron chi connectivity index (χ0n) is 17.2. The summed E-state index contributed by atoms with van der Waals surface area (Å²) < 4.78 is 11.1. The first-order chi connectivity index (χ1) is 15.2. The Balaban J connectivity index is 1.14. The fraction of sp³-hybridized carbons (Fsp3) is 0.318. The van der Waals surface area contributed by atoms with Crippen molar-refractivity contribution < 1.29 is 13.7 Å². The Bertz CT molecular complexity index is 1190. The number of hydrogen-bond acceptors (Lipinski definition) is 8. The van der Waals surface area contributed by atoms with Crippen molar-refractivity contribution in [3.8, 4) is 11.4 Å². The van der Waals surface area contributed by atoms with Crippen molar-refractivity contribution >= 4 is 23.2 Å². The van der Waals surface area contributed by atoms with Crippen LogP contribution in [-0.2, 0) is 11.2 Å².